The van der Waals surface area contributed by atoms with E-state index in [0.717, 1.165) is 16.7 Å². The molecule has 1 heterocycles. The first kappa shape index (κ1) is 25.1. The van der Waals surface area contributed by atoms with E-state index in [-0.39, 0.29) is 25.1 Å². The molecule has 180 valence electrons. The number of ether oxygens (including phenoxy) is 2. The average Bonchev–Trinajstić information content (AvgIpc) is 3.16. The Hall–Kier alpha value is -3.55. The topological polar surface area (TPSA) is 129 Å². The lowest BCUT2D eigenvalue weighted by Gasteiger charge is -2.29. The van der Waals surface area contributed by atoms with E-state index in [9.17, 15) is 4.79 Å². The largest absolute Gasteiger partial charge is 0.494 e. The lowest BCUT2D eigenvalue weighted by Crippen LogP contribution is -2.54. The molecule has 2 aromatic carbocycles. The molecule has 0 aromatic heterocycles. The lowest BCUT2D eigenvalue weighted by molar-refractivity contribution is -0.128. The zero-order valence-corrected chi connectivity index (χ0v) is 19.8. The van der Waals surface area contributed by atoms with Crippen molar-refractivity contribution < 1.29 is 19.4 Å². The maximum Gasteiger partial charge on any atom is 0.252 e. The normalized spacial score (nSPS) is 19.2. The number of amides is 1. The lowest BCUT2D eigenvalue weighted by atomic mass is 9.84. The van der Waals surface area contributed by atoms with Gasteiger partial charge in [-0.3, -0.25) is 4.79 Å². The van der Waals surface area contributed by atoms with E-state index >= 15 is 0 Å². The third kappa shape index (κ3) is 5.87. The summed E-state index contributed by atoms with van der Waals surface area (Å²) in [7, 11) is 0. The van der Waals surface area contributed by atoms with E-state index in [1.54, 1.807) is 0 Å². The van der Waals surface area contributed by atoms with Gasteiger partial charge >= 0.3 is 0 Å². The fourth-order valence-corrected chi connectivity index (χ4v) is 3.81. The summed E-state index contributed by atoms with van der Waals surface area (Å²) in [4.78, 5) is 21.2. The molecule has 0 radical (unpaired) electrons. The molecule has 0 bridgehead atoms. The first-order valence-electron chi connectivity index (χ1n) is 11.4. The van der Waals surface area contributed by atoms with E-state index in [4.69, 9.17) is 25.1 Å². The first-order chi connectivity index (χ1) is 16.4. The molecule has 9 nitrogen and oxygen atoms in total. The van der Waals surface area contributed by atoms with Gasteiger partial charge in [0.05, 0.1) is 13.2 Å². The number of hydrogen-bond acceptors (Lipinski definition) is 6. The maximum absolute atomic E-state index is 13.5. The van der Waals surface area contributed by atoms with Gasteiger partial charge in [0.15, 0.2) is 5.54 Å². The number of aliphatic imine (C=N–C) groups is 1. The van der Waals surface area contributed by atoms with Gasteiger partial charge in [-0.15, -0.1) is 0 Å². The van der Waals surface area contributed by atoms with Gasteiger partial charge in [0.1, 0.15) is 11.9 Å². The molecule has 1 aliphatic heterocycles. The van der Waals surface area contributed by atoms with E-state index in [2.05, 4.69) is 15.3 Å². The van der Waals surface area contributed by atoms with Crippen LogP contribution in [0.25, 0.3) is 10.4 Å². The Morgan fingerprint density at radius 1 is 1.26 bits per heavy atom. The highest BCUT2D eigenvalue weighted by molar-refractivity contribution is 6.01. The van der Waals surface area contributed by atoms with Crippen LogP contribution in [0.1, 0.15) is 43.9 Å². The summed E-state index contributed by atoms with van der Waals surface area (Å²) in [6.07, 6.45) is 0.341. The predicted octanol–water partition coefficient (Wildman–Crippen LogP) is 3.93. The smallest absolute Gasteiger partial charge is 0.252 e. The Balaban J connectivity index is 1.95. The van der Waals surface area contributed by atoms with E-state index in [1.165, 1.54) is 0 Å². The third-order valence-electron chi connectivity index (χ3n) is 5.63. The van der Waals surface area contributed by atoms with Crippen molar-refractivity contribution in [3.8, 4) is 5.75 Å². The van der Waals surface area contributed by atoms with Crippen molar-refractivity contribution in [3.63, 3.8) is 0 Å². The molecule has 0 spiro atoms. The molecular weight excluding hydrogens is 434 g/mol. The number of benzene rings is 2. The second kappa shape index (κ2) is 11.5. The number of aliphatic hydroxyl groups is 1. The van der Waals surface area contributed by atoms with E-state index in [1.807, 2.05) is 69.3 Å². The molecule has 0 aliphatic carbocycles. The summed E-state index contributed by atoms with van der Waals surface area (Å²) in [5.74, 6) is 0.855. The number of nitrogens with zero attached hydrogens (tertiary/aromatic N) is 4. The molecule has 34 heavy (non-hydrogen) atoms. The average molecular weight is 466 g/mol. The van der Waals surface area contributed by atoms with Crippen LogP contribution in [0, 0.1) is 0 Å². The van der Waals surface area contributed by atoms with Crippen LogP contribution in [0.2, 0.25) is 0 Å². The van der Waals surface area contributed by atoms with Crippen LogP contribution < -0.4 is 10.1 Å². The quantitative estimate of drug-likeness (QED) is 0.225. The van der Waals surface area contributed by atoms with Crippen LogP contribution in [0.15, 0.2) is 58.6 Å². The summed E-state index contributed by atoms with van der Waals surface area (Å²) in [6.45, 7) is 6.35. The molecule has 0 saturated heterocycles. The molecule has 0 unspecified atom stereocenters. The number of nitrogens with one attached hydrogen (secondary N) is 1. The minimum Gasteiger partial charge on any atom is -0.494 e. The highest BCUT2D eigenvalue weighted by atomic mass is 16.5. The van der Waals surface area contributed by atoms with Crippen LogP contribution in [-0.4, -0.2) is 47.8 Å². The van der Waals surface area contributed by atoms with Gasteiger partial charge in [-0.05, 0) is 61.7 Å². The van der Waals surface area contributed by atoms with Crippen LogP contribution in [0.3, 0.4) is 0 Å². The molecule has 2 aromatic rings. The zero-order chi connectivity index (χ0) is 24.6. The van der Waals surface area contributed by atoms with Gasteiger partial charge in [0, 0.05) is 36.0 Å². The van der Waals surface area contributed by atoms with Gasteiger partial charge in [0.2, 0.25) is 5.90 Å². The number of hydrogen-bond donors (Lipinski definition) is 2. The van der Waals surface area contributed by atoms with Crippen molar-refractivity contribution >= 4 is 11.8 Å². The van der Waals surface area contributed by atoms with Gasteiger partial charge < -0.3 is 19.9 Å². The van der Waals surface area contributed by atoms with E-state index < -0.39 is 11.6 Å². The summed E-state index contributed by atoms with van der Waals surface area (Å²) >= 11 is 0. The Labute approximate surface area is 199 Å². The minimum absolute atomic E-state index is 0.0652. The highest BCUT2D eigenvalue weighted by Gasteiger charge is 2.50. The number of aliphatic hydroxyl groups excluding tert-OH is 1. The molecule has 9 heteroatoms. The summed E-state index contributed by atoms with van der Waals surface area (Å²) in [5.41, 5.74) is 10.0. The fraction of sp³-hybridized carbons (Fsp3) is 0.440. The number of carbonyl (C=O) groups is 1. The van der Waals surface area contributed by atoms with Gasteiger partial charge in [0.25, 0.3) is 5.91 Å². The predicted molar refractivity (Wildman–Crippen MR) is 130 cm³/mol. The second-order valence-corrected chi connectivity index (χ2v) is 8.51. The summed E-state index contributed by atoms with van der Waals surface area (Å²) in [6, 6.07) is 14.8. The highest BCUT2D eigenvalue weighted by Crippen LogP contribution is 2.34. The number of carbonyl (C=O) groups excluding carboxylic acids is 1. The van der Waals surface area contributed by atoms with Gasteiger partial charge in [-0.1, -0.05) is 29.4 Å². The van der Waals surface area contributed by atoms with Gasteiger partial charge in [-0.2, -0.15) is 0 Å². The van der Waals surface area contributed by atoms with Crippen LogP contribution in [0.5, 0.6) is 5.75 Å². The molecule has 1 amide bonds. The zero-order valence-electron chi connectivity index (χ0n) is 19.8. The van der Waals surface area contributed by atoms with Crippen LogP contribution in [0.4, 0.5) is 0 Å². The summed E-state index contributed by atoms with van der Waals surface area (Å²) < 4.78 is 11.7. The number of rotatable bonds is 11. The Morgan fingerprint density at radius 2 is 1.97 bits per heavy atom. The van der Waals surface area contributed by atoms with Crippen molar-refractivity contribution in [2.75, 3.05) is 13.2 Å². The molecule has 2 N–H and O–H groups in total. The van der Waals surface area contributed by atoms with Crippen molar-refractivity contribution in [3.05, 3.63) is 75.7 Å². The van der Waals surface area contributed by atoms with Gasteiger partial charge in [-0.25, -0.2) is 4.99 Å². The molecule has 0 fully saturated rings. The third-order valence-corrected chi connectivity index (χ3v) is 5.63. The van der Waals surface area contributed by atoms with Crippen molar-refractivity contribution in [2.24, 2.45) is 10.1 Å². The summed E-state index contributed by atoms with van der Waals surface area (Å²) in [5, 5.41) is 15.6. The molecule has 2 atom stereocenters. The monoisotopic (exact) mass is 465 g/mol. The van der Waals surface area contributed by atoms with E-state index in [0.29, 0.717) is 31.1 Å². The first-order valence-corrected chi connectivity index (χ1v) is 11.4. The standard InChI is InChI=1S/C25H31N5O4/c1-17(2)28-24(32)25(15-20-7-4-5-8-21(20)16-27-30-26)18(3)34-23(29-25)19-9-11-22(12-10-19)33-14-6-13-31/h4-5,7-12,17-18,31H,6,13-16H2,1-3H3,(H,28,32)/t18-,25-/m1/s1. The molecule has 1 aliphatic rings. The second-order valence-electron chi connectivity index (χ2n) is 8.51. The van der Waals surface area contributed by atoms with Crippen LogP contribution in [-0.2, 0) is 22.5 Å². The Bertz CT molecular complexity index is 1060. The number of azide groups is 1. The molecule has 3 rings (SSSR count). The molecular formula is C25H31N5O4. The van der Waals surface area contributed by atoms with Crippen molar-refractivity contribution in [2.45, 2.75) is 57.8 Å². The van der Waals surface area contributed by atoms with Crippen LogP contribution >= 0.6 is 0 Å². The van der Waals surface area contributed by atoms with Crippen molar-refractivity contribution in [1.82, 2.24) is 5.32 Å². The SMILES string of the molecule is CC(C)NC(=O)[C@]1(Cc2ccccc2CN=[N+]=[N-])N=C(c2ccc(OCCCO)cc2)O[C@@H]1C. The minimum atomic E-state index is -1.18. The fourth-order valence-electron chi connectivity index (χ4n) is 3.81. The Morgan fingerprint density at radius 3 is 2.62 bits per heavy atom. The Kier molecular flexibility index (Phi) is 8.51. The van der Waals surface area contributed by atoms with Crippen molar-refractivity contribution in [1.29, 1.82) is 0 Å². The molecule has 0 saturated carbocycles. The maximum atomic E-state index is 13.5.